The maximum Gasteiger partial charge on any atom is 0.180 e. The predicted octanol–water partition coefficient (Wildman–Crippen LogP) is 5.97. The van der Waals surface area contributed by atoms with Crippen molar-refractivity contribution in [1.29, 1.82) is 0 Å². The van der Waals surface area contributed by atoms with E-state index in [0.29, 0.717) is 32.4 Å². The van der Waals surface area contributed by atoms with Gasteiger partial charge in [-0.2, -0.15) is 0 Å². The molecule has 0 unspecified atom stereocenters. The lowest BCUT2D eigenvalue weighted by atomic mass is 10.2. The summed E-state index contributed by atoms with van der Waals surface area (Å²) in [6, 6.07) is 8.71. The molecule has 0 heterocycles. The van der Waals surface area contributed by atoms with Crippen LogP contribution in [0.5, 0.6) is 11.5 Å². The third-order valence-corrected chi connectivity index (χ3v) is 4.02. The predicted molar refractivity (Wildman–Crippen MR) is 88.4 cm³/mol. The van der Waals surface area contributed by atoms with E-state index in [9.17, 15) is 0 Å². The number of ether oxygens (including phenoxy) is 2. The summed E-state index contributed by atoms with van der Waals surface area (Å²) >= 11 is 24.1. The van der Waals surface area contributed by atoms with Gasteiger partial charge in [0, 0.05) is 21.5 Å². The van der Waals surface area contributed by atoms with Crippen molar-refractivity contribution in [2.24, 2.45) is 0 Å². The molecule has 0 saturated heterocycles. The maximum atomic E-state index is 6.21. The standard InChI is InChI=1S/C15H12Cl4O2/c1-20-14-5-9(7-16)4-13(19)15(14)21-8-10-6-11(17)2-3-12(10)18/h2-6H,7-8H2,1H3. The molecular weight excluding hydrogens is 354 g/mol. The summed E-state index contributed by atoms with van der Waals surface area (Å²) in [6.45, 7) is 0.232. The van der Waals surface area contributed by atoms with Crippen LogP contribution < -0.4 is 9.47 Å². The molecule has 0 spiro atoms. The summed E-state index contributed by atoms with van der Waals surface area (Å²) < 4.78 is 11.0. The smallest absolute Gasteiger partial charge is 0.180 e. The minimum atomic E-state index is 0.232. The Morgan fingerprint density at radius 2 is 1.76 bits per heavy atom. The van der Waals surface area contributed by atoms with Gasteiger partial charge in [-0.3, -0.25) is 0 Å². The van der Waals surface area contributed by atoms with Crippen LogP contribution in [0, 0.1) is 0 Å². The summed E-state index contributed by atoms with van der Waals surface area (Å²) in [7, 11) is 1.54. The zero-order valence-electron chi connectivity index (χ0n) is 11.1. The first-order chi connectivity index (χ1) is 10.0. The molecule has 2 rings (SSSR count). The van der Waals surface area contributed by atoms with Crippen molar-refractivity contribution in [2.45, 2.75) is 12.5 Å². The average molecular weight is 366 g/mol. The van der Waals surface area contributed by atoms with Crippen LogP contribution in [0.3, 0.4) is 0 Å². The van der Waals surface area contributed by atoms with Gasteiger partial charge < -0.3 is 9.47 Å². The van der Waals surface area contributed by atoms with E-state index < -0.39 is 0 Å². The monoisotopic (exact) mass is 364 g/mol. The van der Waals surface area contributed by atoms with Crippen LogP contribution in [-0.2, 0) is 12.5 Å². The molecule has 0 radical (unpaired) electrons. The van der Waals surface area contributed by atoms with E-state index >= 15 is 0 Å². The average Bonchev–Trinajstić information content (AvgIpc) is 2.48. The summed E-state index contributed by atoms with van der Waals surface area (Å²) in [5.74, 6) is 1.32. The highest BCUT2D eigenvalue weighted by atomic mass is 35.5. The molecule has 0 aromatic heterocycles. The van der Waals surface area contributed by atoms with Gasteiger partial charge in [0.05, 0.1) is 12.1 Å². The zero-order chi connectivity index (χ0) is 15.4. The SMILES string of the molecule is COc1cc(CCl)cc(Cl)c1OCc1cc(Cl)ccc1Cl. The lowest BCUT2D eigenvalue weighted by molar-refractivity contribution is 0.284. The first-order valence-corrected chi connectivity index (χ1v) is 7.71. The van der Waals surface area contributed by atoms with Crippen molar-refractivity contribution in [3.8, 4) is 11.5 Å². The number of hydrogen-bond acceptors (Lipinski definition) is 2. The number of alkyl halides is 1. The summed E-state index contributed by atoms with van der Waals surface area (Å²) in [6.07, 6.45) is 0. The Hall–Kier alpha value is -0.800. The van der Waals surface area contributed by atoms with Crippen molar-refractivity contribution in [3.05, 3.63) is 56.5 Å². The van der Waals surface area contributed by atoms with Crippen LogP contribution in [0.4, 0.5) is 0 Å². The van der Waals surface area contributed by atoms with E-state index in [4.69, 9.17) is 55.9 Å². The molecule has 0 N–H and O–H groups in total. The topological polar surface area (TPSA) is 18.5 Å². The number of halogens is 4. The van der Waals surface area contributed by atoms with E-state index in [1.165, 1.54) is 0 Å². The summed E-state index contributed by atoms with van der Waals surface area (Å²) in [5.41, 5.74) is 1.62. The Morgan fingerprint density at radius 1 is 1.00 bits per heavy atom. The Morgan fingerprint density at radius 3 is 2.43 bits per heavy atom. The summed E-state index contributed by atoms with van der Waals surface area (Å²) in [4.78, 5) is 0. The largest absolute Gasteiger partial charge is 0.493 e. The molecule has 0 aliphatic carbocycles. The first-order valence-electron chi connectivity index (χ1n) is 6.04. The number of rotatable bonds is 5. The van der Waals surface area contributed by atoms with Crippen LogP contribution in [0.1, 0.15) is 11.1 Å². The van der Waals surface area contributed by atoms with Gasteiger partial charge in [0.2, 0.25) is 0 Å². The molecule has 0 atom stereocenters. The fraction of sp³-hybridized carbons (Fsp3) is 0.200. The number of benzene rings is 2. The molecule has 0 bridgehead atoms. The van der Waals surface area contributed by atoms with Gasteiger partial charge in [0.25, 0.3) is 0 Å². The molecule has 112 valence electrons. The second-order valence-corrected chi connectivity index (χ2v) is 5.79. The molecular formula is C15H12Cl4O2. The van der Waals surface area contributed by atoms with Crippen molar-refractivity contribution < 1.29 is 9.47 Å². The second kappa shape index (κ2) is 7.46. The van der Waals surface area contributed by atoms with Gasteiger partial charge in [-0.15, -0.1) is 11.6 Å². The minimum absolute atomic E-state index is 0.232. The highest BCUT2D eigenvalue weighted by molar-refractivity contribution is 6.33. The Kier molecular flexibility index (Phi) is 5.88. The normalized spacial score (nSPS) is 10.5. The van der Waals surface area contributed by atoms with Crippen molar-refractivity contribution in [2.75, 3.05) is 7.11 Å². The van der Waals surface area contributed by atoms with Crippen molar-refractivity contribution in [3.63, 3.8) is 0 Å². The highest BCUT2D eigenvalue weighted by Crippen LogP contribution is 2.37. The van der Waals surface area contributed by atoms with Gasteiger partial charge in [-0.1, -0.05) is 34.8 Å². The Bertz CT molecular complexity index is 644. The molecule has 2 aromatic carbocycles. The van der Waals surface area contributed by atoms with Gasteiger partial charge in [-0.25, -0.2) is 0 Å². The molecule has 21 heavy (non-hydrogen) atoms. The van der Waals surface area contributed by atoms with E-state index in [1.54, 1.807) is 37.4 Å². The van der Waals surface area contributed by atoms with E-state index in [0.717, 1.165) is 11.1 Å². The fourth-order valence-corrected chi connectivity index (χ4v) is 2.60. The Balaban J connectivity index is 2.25. The highest BCUT2D eigenvalue weighted by Gasteiger charge is 2.13. The third kappa shape index (κ3) is 4.10. The summed E-state index contributed by atoms with van der Waals surface area (Å²) in [5, 5.41) is 1.60. The van der Waals surface area contributed by atoms with E-state index in [-0.39, 0.29) is 6.61 Å². The van der Waals surface area contributed by atoms with Crippen LogP contribution in [0.15, 0.2) is 30.3 Å². The van der Waals surface area contributed by atoms with Crippen molar-refractivity contribution in [1.82, 2.24) is 0 Å². The van der Waals surface area contributed by atoms with Gasteiger partial charge in [-0.05, 0) is 35.9 Å². The molecule has 6 heteroatoms. The molecule has 0 saturated carbocycles. The number of hydrogen-bond donors (Lipinski definition) is 0. The lowest BCUT2D eigenvalue weighted by Gasteiger charge is -2.14. The molecule has 0 fully saturated rings. The zero-order valence-corrected chi connectivity index (χ0v) is 14.2. The third-order valence-electron chi connectivity index (χ3n) is 2.82. The quantitative estimate of drug-likeness (QED) is 0.607. The van der Waals surface area contributed by atoms with E-state index in [1.807, 2.05) is 0 Å². The Labute approximate surface area is 143 Å². The van der Waals surface area contributed by atoms with Crippen LogP contribution >= 0.6 is 46.4 Å². The maximum absolute atomic E-state index is 6.21. The first kappa shape index (κ1) is 16.6. The van der Waals surface area contributed by atoms with Crippen molar-refractivity contribution >= 4 is 46.4 Å². The number of methoxy groups -OCH3 is 1. The van der Waals surface area contributed by atoms with Crippen LogP contribution in [0.25, 0.3) is 0 Å². The van der Waals surface area contributed by atoms with Crippen LogP contribution in [-0.4, -0.2) is 7.11 Å². The fourth-order valence-electron chi connectivity index (χ4n) is 1.79. The second-order valence-electron chi connectivity index (χ2n) is 4.27. The van der Waals surface area contributed by atoms with Gasteiger partial charge in [0.15, 0.2) is 11.5 Å². The van der Waals surface area contributed by atoms with Gasteiger partial charge >= 0.3 is 0 Å². The molecule has 0 amide bonds. The lowest BCUT2D eigenvalue weighted by Crippen LogP contribution is -2.00. The minimum Gasteiger partial charge on any atom is -0.493 e. The van der Waals surface area contributed by atoms with Gasteiger partial charge in [0.1, 0.15) is 6.61 Å². The molecule has 2 aromatic rings. The van der Waals surface area contributed by atoms with E-state index in [2.05, 4.69) is 0 Å². The van der Waals surface area contributed by atoms with Crippen LogP contribution in [0.2, 0.25) is 15.1 Å². The molecule has 0 aliphatic rings. The molecule has 0 aliphatic heterocycles. The molecule has 2 nitrogen and oxygen atoms in total.